The second-order valence-corrected chi connectivity index (χ2v) is 5.52. The molecule has 0 spiro atoms. The van der Waals surface area contributed by atoms with E-state index in [1.165, 1.54) is 12.0 Å². The first-order valence-electron chi connectivity index (χ1n) is 7.53. The Bertz CT molecular complexity index is 631. The average molecular weight is 319 g/mol. The van der Waals surface area contributed by atoms with Crippen molar-refractivity contribution in [2.75, 3.05) is 27.4 Å². The Hall–Kier alpha value is -2.26. The predicted molar refractivity (Wildman–Crippen MR) is 82.6 cm³/mol. The highest BCUT2D eigenvalue weighted by atomic mass is 16.5. The molecule has 0 saturated carbocycles. The third-order valence-corrected chi connectivity index (χ3v) is 3.66. The molecule has 1 aromatic rings. The van der Waals surface area contributed by atoms with Crippen LogP contribution in [0.5, 0.6) is 0 Å². The number of methoxy groups -OCH3 is 1. The van der Waals surface area contributed by atoms with Crippen LogP contribution in [0.4, 0.5) is 0 Å². The number of furan rings is 1. The minimum absolute atomic E-state index is 0.123. The molecule has 1 saturated heterocycles. The second kappa shape index (κ2) is 7.84. The molecule has 1 unspecified atom stereocenters. The maximum Gasteiger partial charge on any atom is 0.341 e. The summed E-state index contributed by atoms with van der Waals surface area (Å²) in [5.41, 5.74) is 0.369. The first kappa shape index (κ1) is 17.1. The number of hydrogen-bond donors (Lipinski definition) is 0. The number of carbonyl (C=O) groups excluding carboxylic acids is 2. The van der Waals surface area contributed by atoms with Crippen LogP contribution < -0.4 is 0 Å². The van der Waals surface area contributed by atoms with Crippen LogP contribution >= 0.6 is 0 Å². The Morgan fingerprint density at radius 2 is 2.26 bits per heavy atom. The van der Waals surface area contributed by atoms with Crippen molar-refractivity contribution in [1.82, 2.24) is 4.90 Å². The van der Waals surface area contributed by atoms with E-state index in [1.807, 2.05) is 0 Å². The van der Waals surface area contributed by atoms with Crippen molar-refractivity contribution in [2.24, 2.45) is 5.92 Å². The zero-order valence-electron chi connectivity index (χ0n) is 13.7. The molecule has 1 amide bonds. The van der Waals surface area contributed by atoms with Crippen molar-refractivity contribution in [3.8, 4) is 11.8 Å². The molecule has 124 valence electrons. The number of rotatable bonds is 3. The van der Waals surface area contributed by atoms with Crippen molar-refractivity contribution in [3.05, 3.63) is 23.2 Å². The van der Waals surface area contributed by atoms with Gasteiger partial charge in [-0.15, -0.1) is 0 Å². The summed E-state index contributed by atoms with van der Waals surface area (Å²) in [7, 11) is 2.96. The summed E-state index contributed by atoms with van der Waals surface area (Å²) in [5, 5.41) is 0. The Morgan fingerprint density at radius 3 is 2.91 bits per heavy atom. The molecule has 1 aliphatic rings. The van der Waals surface area contributed by atoms with Crippen LogP contribution in [-0.2, 0) is 20.8 Å². The molecule has 0 bridgehead atoms. The lowest BCUT2D eigenvalue weighted by Crippen LogP contribution is -2.25. The zero-order chi connectivity index (χ0) is 16.8. The highest BCUT2D eigenvalue weighted by molar-refractivity contribution is 5.93. The number of hydrogen-bond acceptors (Lipinski definition) is 5. The van der Waals surface area contributed by atoms with Crippen LogP contribution in [0.15, 0.2) is 10.5 Å². The van der Waals surface area contributed by atoms with Crippen molar-refractivity contribution in [2.45, 2.75) is 26.3 Å². The molecular weight excluding hydrogens is 298 g/mol. The molecule has 1 aromatic heterocycles. The molecule has 0 radical (unpaired) electrons. The van der Waals surface area contributed by atoms with Crippen LogP contribution in [0.25, 0.3) is 0 Å². The molecule has 6 nitrogen and oxygen atoms in total. The first-order chi connectivity index (χ1) is 11.0. The molecule has 2 heterocycles. The van der Waals surface area contributed by atoms with E-state index in [2.05, 4.69) is 16.6 Å². The molecule has 2 rings (SSSR count). The fourth-order valence-corrected chi connectivity index (χ4v) is 2.35. The monoisotopic (exact) mass is 319 g/mol. The van der Waals surface area contributed by atoms with Gasteiger partial charge in [-0.2, -0.15) is 0 Å². The number of amides is 1. The molecule has 1 atom stereocenters. The number of ether oxygens (including phenoxy) is 2. The molecule has 1 fully saturated rings. The fourth-order valence-electron chi connectivity index (χ4n) is 2.35. The summed E-state index contributed by atoms with van der Waals surface area (Å²) in [5.74, 6) is 5.98. The van der Waals surface area contributed by atoms with Crippen LogP contribution in [0.2, 0.25) is 0 Å². The molecule has 23 heavy (non-hydrogen) atoms. The third-order valence-electron chi connectivity index (χ3n) is 3.66. The maximum atomic E-state index is 12.1. The molecular formula is C17H21NO5. The molecule has 0 N–H and O–H groups in total. The normalized spacial score (nSPS) is 17.1. The van der Waals surface area contributed by atoms with E-state index in [0.717, 1.165) is 19.4 Å². The van der Waals surface area contributed by atoms with Gasteiger partial charge in [0.25, 0.3) is 5.91 Å². The number of aryl methyl sites for hydroxylation is 1. The van der Waals surface area contributed by atoms with E-state index >= 15 is 0 Å². The van der Waals surface area contributed by atoms with Gasteiger partial charge in [-0.25, -0.2) is 4.79 Å². The quantitative estimate of drug-likeness (QED) is 0.627. The lowest BCUT2D eigenvalue weighted by Gasteiger charge is -2.17. The largest absolute Gasteiger partial charge is 0.465 e. The number of carbonyl (C=O) groups is 2. The number of nitrogens with zero attached hydrogens (tertiary/aromatic N) is 1. The van der Waals surface area contributed by atoms with Gasteiger partial charge in [-0.1, -0.05) is 5.92 Å². The average Bonchev–Trinajstić information content (AvgIpc) is 2.93. The van der Waals surface area contributed by atoms with Crippen LogP contribution in [0, 0.1) is 24.7 Å². The van der Waals surface area contributed by atoms with Gasteiger partial charge < -0.3 is 18.8 Å². The van der Waals surface area contributed by atoms with Gasteiger partial charge in [-0.05, 0) is 31.8 Å². The Balaban J connectivity index is 1.95. The van der Waals surface area contributed by atoms with Crippen LogP contribution in [0.3, 0.4) is 0 Å². The minimum Gasteiger partial charge on any atom is -0.465 e. The molecule has 1 aliphatic heterocycles. The summed E-state index contributed by atoms with van der Waals surface area (Å²) in [6, 6.07) is 1.59. The van der Waals surface area contributed by atoms with Gasteiger partial charge in [0.1, 0.15) is 17.1 Å². The highest BCUT2D eigenvalue weighted by Gasteiger charge is 2.17. The van der Waals surface area contributed by atoms with Gasteiger partial charge >= 0.3 is 5.97 Å². The second-order valence-electron chi connectivity index (χ2n) is 5.52. The van der Waals surface area contributed by atoms with Crippen molar-refractivity contribution < 1.29 is 23.5 Å². The van der Waals surface area contributed by atoms with Crippen LogP contribution in [-0.4, -0.2) is 44.1 Å². The summed E-state index contributed by atoms with van der Waals surface area (Å²) in [6.07, 6.45) is 1.94. The predicted octanol–water partition coefficient (Wildman–Crippen LogP) is 1.76. The van der Waals surface area contributed by atoms with Gasteiger partial charge in [0.15, 0.2) is 0 Å². The molecule has 0 aliphatic carbocycles. The topological polar surface area (TPSA) is 69.0 Å². The maximum absolute atomic E-state index is 12.1. The van der Waals surface area contributed by atoms with E-state index in [1.54, 1.807) is 20.0 Å². The summed E-state index contributed by atoms with van der Waals surface area (Å²) < 4.78 is 15.5. The Kier molecular flexibility index (Phi) is 5.83. The Labute approximate surface area is 135 Å². The SMILES string of the molecule is COC(=O)c1cc(CN(C)C(=O)C#CC2CCCOC2)oc1C. The van der Waals surface area contributed by atoms with Gasteiger partial charge in [0.2, 0.25) is 0 Å². The van der Waals surface area contributed by atoms with Crippen molar-refractivity contribution in [3.63, 3.8) is 0 Å². The standard InChI is InChI=1S/C17H21NO5/c1-12-15(17(20)21-3)9-14(23-12)10-18(2)16(19)7-6-13-5-4-8-22-11-13/h9,13H,4-5,8,10-11H2,1-3H3. The fraction of sp³-hybridized carbons (Fsp3) is 0.529. The van der Waals surface area contributed by atoms with Gasteiger partial charge in [-0.3, -0.25) is 4.79 Å². The van der Waals surface area contributed by atoms with Gasteiger partial charge in [0, 0.05) is 19.6 Å². The third kappa shape index (κ3) is 4.60. The summed E-state index contributed by atoms with van der Waals surface area (Å²) >= 11 is 0. The molecule has 0 aromatic carbocycles. The van der Waals surface area contributed by atoms with E-state index in [-0.39, 0.29) is 18.4 Å². The minimum atomic E-state index is -0.455. The lowest BCUT2D eigenvalue weighted by molar-refractivity contribution is -0.124. The van der Waals surface area contributed by atoms with E-state index in [9.17, 15) is 9.59 Å². The van der Waals surface area contributed by atoms with Gasteiger partial charge in [0.05, 0.1) is 20.3 Å². The zero-order valence-corrected chi connectivity index (χ0v) is 13.7. The smallest absolute Gasteiger partial charge is 0.341 e. The van der Waals surface area contributed by atoms with Crippen molar-refractivity contribution in [1.29, 1.82) is 0 Å². The lowest BCUT2D eigenvalue weighted by atomic mass is 10.0. The van der Waals surface area contributed by atoms with E-state index in [0.29, 0.717) is 23.7 Å². The van der Waals surface area contributed by atoms with E-state index in [4.69, 9.17) is 9.15 Å². The summed E-state index contributed by atoms with van der Waals surface area (Å²) in [6.45, 7) is 3.28. The highest BCUT2D eigenvalue weighted by Crippen LogP contribution is 2.17. The Morgan fingerprint density at radius 1 is 1.48 bits per heavy atom. The van der Waals surface area contributed by atoms with E-state index < -0.39 is 5.97 Å². The summed E-state index contributed by atoms with van der Waals surface area (Å²) in [4.78, 5) is 25.1. The van der Waals surface area contributed by atoms with Crippen LogP contribution in [0.1, 0.15) is 34.7 Å². The number of esters is 1. The molecule has 6 heteroatoms. The first-order valence-corrected chi connectivity index (χ1v) is 7.53. The van der Waals surface area contributed by atoms with Crippen molar-refractivity contribution >= 4 is 11.9 Å².